The molecule has 0 saturated carbocycles. The zero-order valence-electron chi connectivity index (χ0n) is 12.1. The van der Waals surface area contributed by atoms with Crippen LogP contribution in [0.2, 0.25) is 0 Å². The van der Waals surface area contributed by atoms with Crippen LogP contribution in [0.1, 0.15) is 47.5 Å². The molecule has 0 aliphatic heterocycles. The van der Waals surface area contributed by atoms with Gasteiger partial charge in [-0.15, -0.1) is 0 Å². The molecule has 19 heavy (non-hydrogen) atoms. The Kier molecular flexibility index (Phi) is 6.39. The number of hydrogen-bond donors (Lipinski definition) is 0. The summed E-state index contributed by atoms with van der Waals surface area (Å²) in [5.41, 5.74) is -0.863. The predicted molar refractivity (Wildman–Crippen MR) is 65.8 cm³/mol. The first-order valence-electron chi connectivity index (χ1n) is 6.39. The Bertz CT molecular complexity index is 327. The third-order valence-electron chi connectivity index (χ3n) is 3.01. The first kappa shape index (κ1) is 17.8. The summed E-state index contributed by atoms with van der Waals surface area (Å²) in [5, 5.41) is 0. The van der Waals surface area contributed by atoms with Crippen LogP contribution in [0.4, 0.5) is 8.78 Å². The van der Waals surface area contributed by atoms with Crippen LogP contribution >= 0.6 is 0 Å². The molecule has 0 heterocycles. The van der Waals surface area contributed by atoms with Crippen molar-refractivity contribution < 1.29 is 27.8 Å². The predicted octanol–water partition coefficient (Wildman–Crippen LogP) is 2.94. The van der Waals surface area contributed by atoms with E-state index in [9.17, 15) is 18.4 Å². The Morgan fingerprint density at radius 3 is 2.00 bits per heavy atom. The molecule has 0 aromatic rings. The van der Waals surface area contributed by atoms with Crippen molar-refractivity contribution in [1.82, 2.24) is 0 Å². The van der Waals surface area contributed by atoms with Crippen molar-refractivity contribution in [2.75, 3.05) is 6.61 Å². The number of hydrogen-bond acceptors (Lipinski definition) is 4. The average Bonchev–Trinajstić information content (AvgIpc) is 2.35. The van der Waals surface area contributed by atoms with Gasteiger partial charge >= 0.3 is 17.9 Å². The third kappa shape index (κ3) is 4.44. The first-order chi connectivity index (χ1) is 8.63. The summed E-state index contributed by atoms with van der Waals surface area (Å²) in [6.45, 7) is 7.66. The van der Waals surface area contributed by atoms with E-state index in [0.717, 1.165) is 0 Å². The van der Waals surface area contributed by atoms with Crippen LogP contribution in [0.25, 0.3) is 0 Å². The van der Waals surface area contributed by atoms with Crippen LogP contribution in [-0.4, -0.2) is 30.6 Å². The highest BCUT2D eigenvalue weighted by Crippen LogP contribution is 2.29. The second kappa shape index (κ2) is 6.82. The van der Waals surface area contributed by atoms with Gasteiger partial charge in [0, 0.05) is 0 Å². The first-order valence-corrected chi connectivity index (χ1v) is 6.39. The maximum Gasteiger partial charge on any atom is 0.381 e. The van der Waals surface area contributed by atoms with Gasteiger partial charge in [-0.05, 0) is 33.6 Å². The molecule has 0 aromatic heterocycles. The van der Waals surface area contributed by atoms with Crippen LogP contribution < -0.4 is 0 Å². The molecule has 0 aromatic carbocycles. The summed E-state index contributed by atoms with van der Waals surface area (Å²) in [6, 6.07) is 0. The van der Waals surface area contributed by atoms with E-state index in [-0.39, 0.29) is 13.0 Å². The highest BCUT2D eigenvalue weighted by Gasteiger charge is 2.51. The number of carbonyl (C=O) groups excluding carboxylic acids is 2. The van der Waals surface area contributed by atoms with Crippen LogP contribution in [0.5, 0.6) is 0 Å². The van der Waals surface area contributed by atoms with E-state index in [2.05, 4.69) is 4.74 Å². The minimum atomic E-state index is -3.83. The number of esters is 2. The van der Waals surface area contributed by atoms with Crippen molar-refractivity contribution in [1.29, 1.82) is 0 Å². The van der Waals surface area contributed by atoms with Crippen LogP contribution in [0.15, 0.2) is 0 Å². The second-order valence-corrected chi connectivity index (χ2v) is 4.88. The van der Waals surface area contributed by atoms with Gasteiger partial charge < -0.3 is 9.47 Å². The van der Waals surface area contributed by atoms with Gasteiger partial charge in [-0.25, -0.2) is 4.79 Å². The molecule has 0 radical (unpaired) electrons. The zero-order chi connectivity index (χ0) is 15.3. The van der Waals surface area contributed by atoms with Crippen LogP contribution in [0.3, 0.4) is 0 Å². The molecule has 0 amide bonds. The number of halogens is 2. The molecule has 112 valence electrons. The smallest absolute Gasteiger partial charge is 0.381 e. The zero-order valence-corrected chi connectivity index (χ0v) is 12.1. The van der Waals surface area contributed by atoms with Gasteiger partial charge in [0.15, 0.2) is 6.10 Å². The van der Waals surface area contributed by atoms with E-state index in [4.69, 9.17) is 4.74 Å². The molecule has 0 N–H and O–H groups in total. The second-order valence-electron chi connectivity index (χ2n) is 4.88. The summed E-state index contributed by atoms with van der Waals surface area (Å²) in [6.07, 6.45) is -1.52. The fourth-order valence-corrected chi connectivity index (χ4v) is 1.21. The Balaban J connectivity index is 4.93. The summed E-state index contributed by atoms with van der Waals surface area (Å²) >= 11 is 0. The van der Waals surface area contributed by atoms with Gasteiger partial charge in [-0.2, -0.15) is 8.78 Å². The fourth-order valence-electron chi connectivity index (χ4n) is 1.21. The standard InChI is InChI=1S/C13H22F2O4/c1-6-9(13(14,15)11(17)18-8-3)19-10(16)12(4,5)7-2/h9H,6-8H2,1-5H3. The molecule has 0 aliphatic rings. The van der Waals surface area contributed by atoms with Crippen molar-refractivity contribution in [3.63, 3.8) is 0 Å². The Labute approximate surface area is 112 Å². The number of alkyl halides is 2. The molecule has 4 nitrogen and oxygen atoms in total. The van der Waals surface area contributed by atoms with Gasteiger partial charge in [0.05, 0.1) is 12.0 Å². The monoisotopic (exact) mass is 280 g/mol. The van der Waals surface area contributed by atoms with Crippen molar-refractivity contribution >= 4 is 11.9 Å². The van der Waals surface area contributed by atoms with Gasteiger partial charge in [-0.3, -0.25) is 4.79 Å². The van der Waals surface area contributed by atoms with Crippen molar-refractivity contribution in [3.8, 4) is 0 Å². The lowest BCUT2D eigenvalue weighted by molar-refractivity contribution is -0.202. The SMILES string of the molecule is CCOC(=O)C(F)(F)C(CC)OC(=O)C(C)(C)CC. The lowest BCUT2D eigenvalue weighted by atomic mass is 9.90. The molecular weight excluding hydrogens is 258 g/mol. The van der Waals surface area contributed by atoms with Crippen molar-refractivity contribution in [2.24, 2.45) is 5.41 Å². The summed E-state index contributed by atoms with van der Waals surface area (Å²) in [7, 11) is 0. The molecule has 1 unspecified atom stereocenters. The third-order valence-corrected chi connectivity index (χ3v) is 3.01. The molecule has 0 saturated heterocycles. The molecule has 0 rings (SSSR count). The molecular formula is C13H22F2O4. The largest absolute Gasteiger partial charge is 0.461 e. The molecule has 1 atom stereocenters. The lowest BCUT2D eigenvalue weighted by Crippen LogP contribution is -2.46. The normalized spacial score (nSPS) is 13.8. The van der Waals surface area contributed by atoms with Gasteiger partial charge in [0.2, 0.25) is 0 Å². The summed E-state index contributed by atoms with van der Waals surface area (Å²) in [4.78, 5) is 23.0. The average molecular weight is 280 g/mol. The lowest BCUT2D eigenvalue weighted by Gasteiger charge is -2.28. The highest BCUT2D eigenvalue weighted by molar-refractivity contribution is 5.80. The maximum absolute atomic E-state index is 13.8. The van der Waals surface area contributed by atoms with E-state index in [1.54, 1.807) is 20.8 Å². The quantitative estimate of drug-likeness (QED) is 0.673. The van der Waals surface area contributed by atoms with E-state index < -0.39 is 29.4 Å². The number of rotatable bonds is 7. The highest BCUT2D eigenvalue weighted by atomic mass is 19.3. The van der Waals surface area contributed by atoms with Crippen LogP contribution in [-0.2, 0) is 19.1 Å². The Morgan fingerprint density at radius 1 is 1.11 bits per heavy atom. The summed E-state index contributed by atoms with van der Waals surface area (Å²) < 4.78 is 36.6. The van der Waals surface area contributed by atoms with Gasteiger partial charge in [-0.1, -0.05) is 13.8 Å². The fraction of sp³-hybridized carbons (Fsp3) is 0.846. The van der Waals surface area contributed by atoms with Gasteiger partial charge in [0.1, 0.15) is 0 Å². The van der Waals surface area contributed by atoms with Crippen molar-refractivity contribution in [3.05, 3.63) is 0 Å². The molecule has 0 spiro atoms. The van der Waals surface area contributed by atoms with Crippen LogP contribution in [0, 0.1) is 5.41 Å². The molecule has 0 fully saturated rings. The van der Waals surface area contributed by atoms with Gasteiger partial charge in [0.25, 0.3) is 0 Å². The molecule has 6 heteroatoms. The summed E-state index contributed by atoms with van der Waals surface area (Å²) in [5.74, 6) is -6.24. The van der Waals surface area contributed by atoms with Crippen molar-refractivity contribution in [2.45, 2.75) is 59.5 Å². The van der Waals surface area contributed by atoms with E-state index in [0.29, 0.717) is 6.42 Å². The van der Waals surface area contributed by atoms with E-state index in [1.807, 2.05) is 0 Å². The molecule has 0 aliphatic carbocycles. The van der Waals surface area contributed by atoms with E-state index in [1.165, 1.54) is 13.8 Å². The maximum atomic E-state index is 13.8. The minimum Gasteiger partial charge on any atom is -0.461 e. The molecule has 0 bridgehead atoms. The number of carbonyl (C=O) groups is 2. The topological polar surface area (TPSA) is 52.6 Å². The van der Waals surface area contributed by atoms with E-state index >= 15 is 0 Å². The number of ether oxygens (including phenoxy) is 2. The minimum absolute atomic E-state index is 0.154. The Morgan fingerprint density at radius 2 is 1.63 bits per heavy atom. The Hall–Kier alpha value is -1.20.